The van der Waals surface area contributed by atoms with Crippen LogP contribution in [-0.4, -0.2) is 29.9 Å². The number of nitrogens with zero attached hydrogens (tertiary/aromatic N) is 2. The summed E-state index contributed by atoms with van der Waals surface area (Å²) in [7, 11) is 0. The first-order valence-corrected chi connectivity index (χ1v) is 9.56. The van der Waals surface area contributed by atoms with Gasteiger partial charge in [-0.25, -0.2) is 4.99 Å². The van der Waals surface area contributed by atoms with Crippen molar-refractivity contribution in [3.63, 3.8) is 0 Å². The van der Waals surface area contributed by atoms with Gasteiger partial charge in [-0.15, -0.1) is 24.0 Å². The minimum absolute atomic E-state index is 0. The van der Waals surface area contributed by atoms with E-state index in [1.54, 1.807) is 0 Å². The van der Waals surface area contributed by atoms with Gasteiger partial charge < -0.3 is 16.0 Å². The molecule has 0 unspecified atom stereocenters. The molecule has 1 aromatic carbocycles. The molecule has 0 aromatic heterocycles. The number of nitrogens with one attached hydrogen (secondary N) is 1. The maximum Gasteiger partial charge on any atom is 0.227 e. The van der Waals surface area contributed by atoms with E-state index in [0.717, 1.165) is 43.1 Å². The maximum absolute atomic E-state index is 12.3. The SMILES string of the molecule is CC1CCN(C(N)=NCc2cccc(NC(=O)C3CCCC3)c2)CC1.I. The van der Waals surface area contributed by atoms with Crippen molar-refractivity contribution in [3.05, 3.63) is 29.8 Å². The normalized spacial score (nSPS) is 19.3. The second kappa shape index (κ2) is 10.1. The Balaban J connectivity index is 0.00000243. The maximum atomic E-state index is 12.3. The molecule has 1 heterocycles. The molecule has 5 nitrogen and oxygen atoms in total. The Morgan fingerprint density at radius 3 is 2.62 bits per heavy atom. The van der Waals surface area contributed by atoms with E-state index in [1.807, 2.05) is 24.3 Å². The molecule has 0 radical (unpaired) electrons. The lowest BCUT2D eigenvalue weighted by molar-refractivity contribution is -0.119. The number of piperidine rings is 1. The van der Waals surface area contributed by atoms with Crippen molar-refractivity contribution in [2.75, 3.05) is 18.4 Å². The van der Waals surface area contributed by atoms with Gasteiger partial charge in [0.2, 0.25) is 5.91 Å². The summed E-state index contributed by atoms with van der Waals surface area (Å²) >= 11 is 0. The average molecular weight is 470 g/mol. The van der Waals surface area contributed by atoms with E-state index >= 15 is 0 Å². The lowest BCUT2D eigenvalue weighted by Crippen LogP contribution is -2.42. The lowest BCUT2D eigenvalue weighted by atomic mass is 10.00. The van der Waals surface area contributed by atoms with E-state index < -0.39 is 0 Å². The Bertz CT molecular complexity index is 620. The van der Waals surface area contributed by atoms with Gasteiger partial charge in [-0.05, 0) is 49.3 Å². The fourth-order valence-electron chi connectivity index (χ4n) is 3.69. The van der Waals surface area contributed by atoms with E-state index in [1.165, 1.54) is 25.7 Å². The number of likely N-dealkylation sites (tertiary alicyclic amines) is 1. The lowest BCUT2D eigenvalue weighted by Gasteiger charge is -2.31. The highest BCUT2D eigenvalue weighted by molar-refractivity contribution is 14.0. The van der Waals surface area contributed by atoms with Gasteiger partial charge in [0.1, 0.15) is 0 Å². The van der Waals surface area contributed by atoms with Crippen LogP contribution in [0.15, 0.2) is 29.3 Å². The number of aliphatic imine (C=N–C) groups is 1. The third-order valence-electron chi connectivity index (χ3n) is 5.45. The number of amides is 1. The van der Waals surface area contributed by atoms with E-state index in [-0.39, 0.29) is 35.8 Å². The Morgan fingerprint density at radius 1 is 1.23 bits per heavy atom. The Morgan fingerprint density at radius 2 is 1.92 bits per heavy atom. The highest BCUT2D eigenvalue weighted by Crippen LogP contribution is 2.26. The van der Waals surface area contributed by atoms with Crippen LogP contribution < -0.4 is 11.1 Å². The topological polar surface area (TPSA) is 70.7 Å². The monoisotopic (exact) mass is 470 g/mol. The zero-order valence-corrected chi connectivity index (χ0v) is 17.9. The fourth-order valence-corrected chi connectivity index (χ4v) is 3.69. The molecule has 1 amide bonds. The number of hydrogen-bond donors (Lipinski definition) is 2. The van der Waals surface area contributed by atoms with Crippen LogP contribution in [-0.2, 0) is 11.3 Å². The van der Waals surface area contributed by atoms with Gasteiger partial charge in [0, 0.05) is 24.7 Å². The van der Waals surface area contributed by atoms with Crippen LogP contribution >= 0.6 is 24.0 Å². The third kappa shape index (κ3) is 5.86. The molecule has 6 heteroatoms. The number of benzene rings is 1. The summed E-state index contributed by atoms with van der Waals surface area (Å²) in [6.45, 7) is 4.82. The fraction of sp³-hybridized carbons (Fsp3) is 0.600. The number of halogens is 1. The van der Waals surface area contributed by atoms with Crippen LogP contribution in [0.3, 0.4) is 0 Å². The van der Waals surface area contributed by atoms with Crippen molar-refractivity contribution in [2.24, 2.45) is 22.6 Å². The van der Waals surface area contributed by atoms with Crippen molar-refractivity contribution < 1.29 is 4.79 Å². The summed E-state index contributed by atoms with van der Waals surface area (Å²) in [5.41, 5.74) is 8.07. The summed E-state index contributed by atoms with van der Waals surface area (Å²) in [5, 5.41) is 3.05. The smallest absolute Gasteiger partial charge is 0.227 e. The Kier molecular flexibility index (Phi) is 8.18. The molecule has 2 aliphatic rings. The highest BCUT2D eigenvalue weighted by Gasteiger charge is 2.22. The van der Waals surface area contributed by atoms with Crippen LogP contribution in [0.4, 0.5) is 5.69 Å². The minimum Gasteiger partial charge on any atom is -0.370 e. The summed E-state index contributed by atoms with van der Waals surface area (Å²) in [5.74, 6) is 1.75. The van der Waals surface area contributed by atoms with Gasteiger partial charge in [0.15, 0.2) is 5.96 Å². The van der Waals surface area contributed by atoms with E-state index in [0.29, 0.717) is 12.5 Å². The molecule has 1 aliphatic carbocycles. The molecule has 2 fully saturated rings. The minimum atomic E-state index is 0. The molecule has 0 atom stereocenters. The van der Waals surface area contributed by atoms with E-state index in [4.69, 9.17) is 5.73 Å². The standard InChI is InChI=1S/C20H30N4O.HI/c1-15-9-11-24(12-10-15)20(21)22-14-16-5-4-8-18(13-16)23-19(25)17-6-2-3-7-17;/h4-5,8,13,15,17H,2-3,6-7,9-12,14H2,1H3,(H2,21,22)(H,23,25);1H. The second-order valence-electron chi connectivity index (χ2n) is 7.52. The number of rotatable bonds is 4. The third-order valence-corrected chi connectivity index (χ3v) is 5.45. The van der Waals surface area contributed by atoms with Gasteiger partial charge in [-0.1, -0.05) is 31.9 Å². The van der Waals surface area contributed by atoms with Gasteiger partial charge in [-0.2, -0.15) is 0 Å². The quantitative estimate of drug-likeness (QED) is 0.397. The first-order valence-electron chi connectivity index (χ1n) is 9.56. The number of guanidine groups is 1. The summed E-state index contributed by atoms with van der Waals surface area (Å²) in [4.78, 5) is 19.0. The van der Waals surface area contributed by atoms with E-state index in [9.17, 15) is 4.79 Å². The zero-order chi connectivity index (χ0) is 17.6. The first-order chi connectivity index (χ1) is 12.1. The predicted octanol–water partition coefficient (Wildman–Crippen LogP) is 3.98. The molecule has 26 heavy (non-hydrogen) atoms. The number of anilines is 1. The molecule has 1 saturated carbocycles. The molecule has 3 rings (SSSR count). The Labute approximate surface area is 173 Å². The van der Waals surface area contributed by atoms with Crippen molar-refractivity contribution in [1.82, 2.24) is 4.90 Å². The molecule has 1 saturated heterocycles. The molecule has 1 aliphatic heterocycles. The Hall–Kier alpha value is -1.31. The zero-order valence-electron chi connectivity index (χ0n) is 15.6. The van der Waals surface area contributed by atoms with Crippen molar-refractivity contribution in [2.45, 2.75) is 52.0 Å². The van der Waals surface area contributed by atoms with Gasteiger partial charge in [-0.3, -0.25) is 4.79 Å². The van der Waals surface area contributed by atoms with Crippen molar-refractivity contribution in [3.8, 4) is 0 Å². The average Bonchev–Trinajstić information content (AvgIpc) is 3.15. The van der Waals surface area contributed by atoms with Gasteiger partial charge >= 0.3 is 0 Å². The van der Waals surface area contributed by atoms with Gasteiger partial charge in [0.05, 0.1) is 6.54 Å². The number of carbonyl (C=O) groups excluding carboxylic acids is 1. The van der Waals surface area contributed by atoms with E-state index in [2.05, 4.69) is 22.1 Å². The first kappa shape index (κ1) is 21.0. The van der Waals surface area contributed by atoms with Crippen LogP contribution in [0.5, 0.6) is 0 Å². The van der Waals surface area contributed by atoms with Crippen LogP contribution in [0.1, 0.15) is 51.0 Å². The second-order valence-corrected chi connectivity index (χ2v) is 7.52. The largest absolute Gasteiger partial charge is 0.370 e. The number of carbonyl (C=O) groups is 1. The molecular formula is C20H31IN4O. The highest BCUT2D eigenvalue weighted by atomic mass is 127. The molecule has 0 spiro atoms. The molecule has 3 N–H and O–H groups in total. The van der Waals surface area contributed by atoms with Crippen LogP contribution in [0.2, 0.25) is 0 Å². The molecule has 0 bridgehead atoms. The molecule has 1 aromatic rings. The summed E-state index contributed by atoms with van der Waals surface area (Å²) in [6.07, 6.45) is 6.72. The predicted molar refractivity (Wildman–Crippen MR) is 118 cm³/mol. The van der Waals surface area contributed by atoms with Crippen molar-refractivity contribution >= 4 is 41.5 Å². The number of nitrogens with two attached hydrogens (primary N) is 1. The van der Waals surface area contributed by atoms with Gasteiger partial charge in [0.25, 0.3) is 0 Å². The molecule has 144 valence electrons. The number of hydrogen-bond acceptors (Lipinski definition) is 2. The van der Waals surface area contributed by atoms with Crippen LogP contribution in [0, 0.1) is 11.8 Å². The summed E-state index contributed by atoms with van der Waals surface area (Å²) < 4.78 is 0. The molecular weight excluding hydrogens is 439 g/mol. The summed E-state index contributed by atoms with van der Waals surface area (Å²) in [6, 6.07) is 7.94. The van der Waals surface area contributed by atoms with Crippen molar-refractivity contribution in [1.29, 1.82) is 0 Å². The van der Waals surface area contributed by atoms with Crippen LogP contribution in [0.25, 0.3) is 0 Å².